The highest BCUT2D eigenvalue weighted by Gasteiger charge is 2.13. The van der Waals surface area contributed by atoms with Gasteiger partial charge in [-0.15, -0.1) is 0 Å². The molecule has 0 atom stereocenters. The van der Waals surface area contributed by atoms with Gasteiger partial charge in [0.25, 0.3) is 0 Å². The molecule has 1 amide bonds. The fourth-order valence-electron chi connectivity index (χ4n) is 2.22. The van der Waals surface area contributed by atoms with Gasteiger partial charge in [0.05, 0.1) is 6.10 Å². The maximum absolute atomic E-state index is 11.5. The van der Waals surface area contributed by atoms with Crippen LogP contribution in [0.2, 0.25) is 0 Å². The highest BCUT2D eigenvalue weighted by molar-refractivity contribution is 5.76. The third-order valence-corrected chi connectivity index (χ3v) is 3.24. The van der Waals surface area contributed by atoms with E-state index in [0.717, 1.165) is 13.0 Å². The molecule has 0 bridgehead atoms. The summed E-state index contributed by atoms with van der Waals surface area (Å²) in [5.74, 6) is 0. The Morgan fingerprint density at radius 2 is 2.22 bits per heavy atom. The summed E-state index contributed by atoms with van der Waals surface area (Å²) in [6.07, 6.45) is 12.3. The number of imidazole rings is 1. The molecule has 5 nitrogen and oxygen atoms in total. The van der Waals surface area contributed by atoms with E-state index in [-0.39, 0.29) is 6.03 Å². The van der Waals surface area contributed by atoms with Gasteiger partial charge >= 0.3 is 6.03 Å². The van der Waals surface area contributed by atoms with E-state index < -0.39 is 0 Å². The smallest absolute Gasteiger partial charge is 0.326 e. The number of hydrogen-bond donors (Lipinski definition) is 1. The van der Waals surface area contributed by atoms with Crippen LogP contribution in [-0.2, 0) is 4.74 Å². The quantitative estimate of drug-likeness (QED) is 0.816. The van der Waals surface area contributed by atoms with Crippen LogP contribution in [-0.4, -0.2) is 34.8 Å². The van der Waals surface area contributed by atoms with Gasteiger partial charge in [-0.2, -0.15) is 0 Å². The van der Waals surface area contributed by atoms with Gasteiger partial charge < -0.3 is 10.1 Å². The summed E-state index contributed by atoms with van der Waals surface area (Å²) in [6, 6.07) is -0.134. The second kappa shape index (κ2) is 7.16. The molecule has 0 unspecified atom stereocenters. The fraction of sp³-hybridized carbons (Fsp3) is 0.692. The molecule has 0 spiro atoms. The second-order valence-electron chi connectivity index (χ2n) is 4.69. The first kappa shape index (κ1) is 13.1. The van der Waals surface area contributed by atoms with Crippen LogP contribution in [0.3, 0.4) is 0 Å². The number of carbonyl (C=O) groups is 1. The number of nitrogens with zero attached hydrogens (tertiary/aromatic N) is 2. The molecule has 1 aliphatic rings. The number of aromatic nitrogens is 2. The Labute approximate surface area is 108 Å². The molecule has 0 saturated heterocycles. The molecule has 1 heterocycles. The topological polar surface area (TPSA) is 56.1 Å². The van der Waals surface area contributed by atoms with Crippen molar-refractivity contribution in [3.8, 4) is 0 Å². The lowest BCUT2D eigenvalue weighted by Gasteiger charge is -2.21. The summed E-state index contributed by atoms with van der Waals surface area (Å²) in [7, 11) is 0. The monoisotopic (exact) mass is 251 g/mol. The summed E-state index contributed by atoms with van der Waals surface area (Å²) in [5, 5.41) is 2.83. The standard InChI is InChI=1S/C13H21N3O2/c17-13(16-9-8-14-11-16)15-7-4-10-18-12-5-2-1-3-6-12/h8-9,11-12H,1-7,10H2,(H,15,17). The summed E-state index contributed by atoms with van der Waals surface area (Å²) in [6.45, 7) is 1.37. The lowest BCUT2D eigenvalue weighted by atomic mass is 9.98. The number of hydrogen-bond acceptors (Lipinski definition) is 3. The Kier molecular flexibility index (Phi) is 5.20. The zero-order valence-corrected chi connectivity index (χ0v) is 10.7. The predicted octanol–water partition coefficient (Wildman–Crippen LogP) is 2.18. The van der Waals surface area contributed by atoms with Gasteiger partial charge in [0.15, 0.2) is 0 Å². The third-order valence-electron chi connectivity index (χ3n) is 3.24. The molecule has 0 aliphatic heterocycles. The van der Waals surface area contributed by atoms with Crippen molar-refractivity contribution in [3.05, 3.63) is 18.7 Å². The second-order valence-corrected chi connectivity index (χ2v) is 4.69. The average Bonchev–Trinajstić information content (AvgIpc) is 2.93. The third kappa shape index (κ3) is 4.14. The van der Waals surface area contributed by atoms with Gasteiger partial charge in [-0.25, -0.2) is 9.78 Å². The van der Waals surface area contributed by atoms with E-state index in [9.17, 15) is 4.79 Å². The maximum atomic E-state index is 11.5. The van der Waals surface area contributed by atoms with Crippen LogP contribution >= 0.6 is 0 Å². The van der Waals surface area contributed by atoms with Crippen molar-refractivity contribution in [1.82, 2.24) is 14.9 Å². The molecular weight excluding hydrogens is 230 g/mol. The van der Waals surface area contributed by atoms with Gasteiger partial charge in [-0.1, -0.05) is 19.3 Å². The first-order valence-corrected chi connectivity index (χ1v) is 6.74. The molecule has 0 radical (unpaired) electrons. The molecular formula is C13H21N3O2. The SMILES string of the molecule is O=C(NCCCOC1CCCCC1)n1ccnc1. The van der Waals surface area contributed by atoms with E-state index in [1.165, 1.54) is 43.0 Å². The van der Waals surface area contributed by atoms with Crippen LogP contribution in [0.1, 0.15) is 38.5 Å². The molecule has 18 heavy (non-hydrogen) atoms. The minimum atomic E-state index is -0.134. The van der Waals surface area contributed by atoms with Crippen molar-refractivity contribution in [2.75, 3.05) is 13.2 Å². The van der Waals surface area contributed by atoms with Gasteiger partial charge in [-0.05, 0) is 19.3 Å². The number of carbonyl (C=O) groups excluding carboxylic acids is 1. The minimum absolute atomic E-state index is 0.134. The van der Waals surface area contributed by atoms with Crippen molar-refractivity contribution in [3.63, 3.8) is 0 Å². The molecule has 1 aromatic heterocycles. The number of amides is 1. The molecule has 0 aromatic carbocycles. The number of rotatable bonds is 5. The lowest BCUT2D eigenvalue weighted by Crippen LogP contribution is -2.29. The summed E-state index contributed by atoms with van der Waals surface area (Å²) < 4.78 is 7.22. The van der Waals surface area contributed by atoms with Gasteiger partial charge in [-0.3, -0.25) is 4.57 Å². The van der Waals surface area contributed by atoms with Gasteiger partial charge in [0, 0.05) is 25.5 Å². The van der Waals surface area contributed by atoms with E-state index in [1.807, 2.05) is 0 Å². The first-order chi connectivity index (χ1) is 8.86. The van der Waals surface area contributed by atoms with Crippen LogP contribution in [0, 0.1) is 0 Å². The van der Waals surface area contributed by atoms with Gasteiger partial charge in [0.2, 0.25) is 0 Å². The summed E-state index contributed by atoms with van der Waals surface area (Å²) in [4.78, 5) is 15.4. The van der Waals surface area contributed by atoms with E-state index in [4.69, 9.17) is 4.74 Å². The normalized spacial score (nSPS) is 16.7. The average molecular weight is 251 g/mol. The zero-order valence-electron chi connectivity index (χ0n) is 10.7. The molecule has 1 saturated carbocycles. The highest BCUT2D eigenvalue weighted by Crippen LogP contribution is 2.20. The lowest BCUT2D eigenvalue weighted by molar-refractivity contribution is 0.0275. The minimum Gasteiger partial charge on any atom is -0.378 e. The van der Waals surface area contributed by atoms with E-state index in [2.05, 4.69) is 10.3 Å². The first-order valence-electron chi connectivity index (χ1n) is 6.74. The van der Waals surface area contributed by atoms with Crippen LogP contribution in [0.5, 0.6) is 0 Å². The molecule has 1 N–H and O–H groups in total. The molecule has 1 aliphatic carbocycles. The van der Waals surface area contributed by atoms with Crippen molar-refractivity contribution < 1.29 is 9.53 Å². The van der Waals surface area contributed by atoms with Crippen molar-refractivity contribution in [2.24, 2.45) is 0 Å². The Morgan fingerprint density at radius 3 is 2.94 bits per heavy atom. The molecule has 1 aromatic rings. The highest BCUT2D eigenvalue weighted by atomic mass is 16.5. The van der Waals surface area contributed by atoms with Crippen LogP contribution < -0.4 is 5.32 Å². The Morgan fingerprint density at radius 1 is 1.39 bits per heavy atom. The van der Waals surface area contributed by atoms with E-state index >= 15 is 0 Å². The summed E-state index contributed by atoms with van der Waals surface area (Å²) in [5.41, 5.74) is 0. The number of nitrogens with one attached hydrogen (secondary N) is 1. The molecule has 100 valence electrons. The van der Waals surface area contributed by atoms with Crippen molar-refractivity contribution in [1.29, 1.82) is 0 Å². The molecule has 1 fully saturated rings. The van der Waals surface area contributed by atoms with Crippen LogP contribution in [0.4, 0.5) is 4.79 Å². The Hall–Kier alpha value is -1.36. The van der Waals surface area contributed by atoms with Gasteiger partial charge in [0.1, 0.15) is 6.33 Å². The maximum Gasteiger partial charge on any atom is 0.326 e. The number of ether oxygens (including phenoxy) is 1. The Bertz CT molecular complexity index is 345. The van der Waals surface area contributed by atoms with Crippen molar-refractivity contribution >= 4 is 6.03 Å². The molecule has 2 rings (SSSR count). The van der Waals surface area contributed by atoms with Crippen LogP contribution in [0.15, 0.2) is 18.7 Å². The summed E-state index contributed by atoms with van der Waals surface area (Å²) >= 11 is 0. The Balaban J connectivity index is 1.52. The predicted molar refractivity (Wildman–Crippen MR) is 68.5 cm³/mol. The van der Waals surface area contributed by atoms with Crippen molar-refractivity contribution in [2.45, 2.75) is 44.6 Å². The largest absolute Gasteiger partial charge is 0.378 e. The fourth-order valence-corrected chi connectivity index (χ4v) is 2.22. The molecule has 5 heteroatoms. The zero-order chi connectivity index (χ0) is 12.6. The van der Waals surface area contributed by atoms with E-state index in [0.29, 0.717) is 12.6 Å². The van der Waals surface area contributed by atoms with Crippen LogP contribution in [0.25, 0.3) is 0 Å². The van der Waals surface area contributed by atoms with E-state index in [1.54, 1.807) is 12.4 Å².